The number of phenols is 1. The van der Waals surface area contributed by atoms with Crippen LogP contribution in [0.25, 0.3) is 10.8 Å². The number of carbonyl (C=O) groups excluding carboxylic acids is 1. The number of benzene rings is 3. The highest BCUT2D eigenvalue weighted by atomic mass is 32.2. The number of hydrazone groups is 1. The smallest absolute Gasteiger partial charge is 0.271 e. The Hall–Kier alpha value is -3.23. The number of nitrogens with zero attached hydrogens (tertiary/aromatic N) is 2. The van der Waals surface area contributed by atoms with E-state index in [9.17, 15) is 18.3 Å². The number of sulfonamides is 1. The van der Waals surface area contributed by atoms with Crippen LogP contribution in [0.4, 0.5) is 0 Å². The number of amides is 1. The zero-order valence-corrected chi connectivity index (χ0v) is 17.7. The molecule has 1 fully saturated rings. The zero-order valence-electron chi connectivity index (χ0n) is 16.9. The molecule has 3 aromatic rings. The fourth-order valence-electron chi connectivity index (χ4n) is 3.69. The van der Waals surface area contributed by atoms with Crippen LogP contribution in [0.1, 0.15) is 35.2 Å². The Balaban J connectivity index is 1.52. The van der Waals surface area contributed by atoms with E-state index in [0.717, 1.165) is 30.0 Å². The van der Waals surface area contributed by atoms with Gasteiger partial charge in [-0.25, -0.2) is 13.8 Å². The van der Waals surface area contributed by atoms with Crippen LogP contribution in [-0.2, 0) is 10.0 Å². The summed E-state index contributed by atoms with van der Waals surface area (Å²) in [4.78, 5) is 12.6. The van der Waals surface area contributed by atoms with Gasteiger partial charge in [0.05, 0.1) is 11.1 Å². The molecule has 1 heterocycles. The number of carbonyl (C=O) groups is 1. The van der Waals surface area contributed by atoms with Crippen molar-refractivity contribution in [3.8, 4) is 5.75 Å². The molecule has 0 aromatic heterocycles. The van der Waals surface area contributed by atoms with Crippen molar-refractivity contribution in [1.82, 2.24) is 9.73 Å². The summed E-state index contributed by atoms with van der Waals surface area (Å²) >= 11 is 0. The van der Waals surface area contributed by atoms with Gasteiger partial charge in [-0.3, -0.25) is 4.79 Å². The van der Waals surface area contributed by atoms with Crippen molar-refractivity contribution in [3.05, 3.63) is 71.8 Å². The highest BCUT2D eigenvalue weighted by Gasteiger charge is 2.26. The van der Waals surface area contributed by atoms with E-state index in [1.54, 1.807) is 18.2 Å². The Bertz CT molecular complexity index is 1250. The minimum Gasteiger partial charge on any atom is -0.507 e. The van der Waals surface area contributed by atoms with Crippen LogP contribution >= 0.6 is 0 Å². The highest BCUT2D eigenvalue weighted by molar-refractivity contribution is 7.89. The fourth-order valence-corrected chi connectivity index (χ4v) is 5.26. The summed E-state index contributed by atoms with van der Waals surface area (Å²) in [6, 6.07) is 16.8. The van der Waals surface area contributed by atoms with Gasteiger partial charge in [0.2, 0.25) is 10.0 Å². The molecule has 0 aliphatic carbocycles. The summed E-state index contributed by atoms with van der Waals surface area (Å²) in [7, 11) is -3.63. The van der Waals surface area contributed by atoms with Crippen LogP contribution in [0.15, 0.2) is 70.7 Å². The third-order valence-electron chi connectivity index (χ3n) is 5.36. The Labute approximate surface area is 181 Å². The van der Waals surface area contributed by atoms with Gasteiger partial charge in [-0.05, 0) is 47.9 Å². The maximum Gasteiger partial charge on any atom is 0.271 e. The first kappa shape index (κ1) is 21.0. The number of fused-ring (bicyclic) bond motifs is 1. The van der Waals surface area contributed by atoms with E-state index in [4.69, 9.17) is 0 Å². The van der Waals surface area contributed by atoms with E-state index < -0.39 is 15.9 Å². The largest absolute Gasteiger partial charge is 0.507 e. The first-order chi connectivity index (χ1) is 15.0. The van der Waals surface area contributed by atoms with Crippen molar-refractivity contribution in [1.29, 1.82) is 0 Å². The Morgan fingerprint density at radius 3 is 2.58 bits per heavy atom. The van der Waals surface area contributed by atoms with Crippen LogP contribution in [0, 0.1) is 0 Å². The van der Waals surface area contributed by atoms with E-state index in [1.165, 1.54) is 28.7 Å². The predicted molar refractivity (Wildman–Crippen MR) is 120 cm³/mol. The molecular weight excluding hydrogens is 414 g/mol. The van der Waals surface area contributed by atoms with E-state index in [2.05, 4.69) is 10.5 Å². The molecule has 0 unspecified atom stereocenters. The van der Waals surface area contributed by atoms with Crippen molar-refractivity contribution in [2.24, 2.45) is 5.10 Å². The van der Waals surface area contributed by atoms with Gasteiger partial charge in [-0.15, -0.1) is 0 Å². The van der Waals surface area contributed by atoms with E-state index >= 15 is 0 Å². The molecule has 0 bridgehead atoms. The Morgan fingerprint density at radius 2 is 1.77 bits per heavy atom. The lowest BCUT2D eigenvalue weighted by atomic mass is 10.0. The van der Waals surface area contributed by atoms with Gasteiger partial charge in [-0.1, -0.05) is 42.8 Å². The summed E-state index contributed by atoms with van der Waals surface area (Å²) in [6.45, 7) is 0.995. The van der Waals surface area contributed by atoms with Gasteiger partial charge in [0.1, 0.15) is 5.75 Å². The second kappa shape index (κ2) is 8.87. The van der Waals surface area contributed by atoms with Crippen molar-refractivity contribution >= 4 is 32.9 Å². The van der Waals surface area contributed by atoms with Gasteiger partial charge in [0.25, 0.3) is 5.91 Å². The summed E-state index contributed by atoms with van der Waals surface area (Å²) in [5.41, 5.74) is 3.09. The average molecular weight is 438 g/mol. The molecule has 1 amide bonds. The minimum absolute atomic E-state index is 0.0475. The monoisotopic (exact) mass is 437 g/mol. The second-order valence-corrected chi connectivity index (χ2v) is 9.35. The van der Waals surface area contributed by atoms with Crippen molar-refractivity contribution in [2.75, 3.05) is 13.1 Å². The van der Waals surface area contributed by atoms with Crippen molar-refractivity contribution < 1.29 is 18.3 Å². The molecule has 0 spiro atoms. The average Bonchev–Trinajstić information content (AvgIpc) is 2.81. The molecule has 3 aromatic carbocycles. The quantitative estimate of drug-likeness (QED) is 0.471. The highest BCUT2D eigenvalue weighted by Crippen LogP contribution is 2.25. The van der Waals surface area contributed by atoms with Gasteiger partial charge in [0, 0.05) is 24.2 Å². The van der Waals surface area contributed by atoms with Crippen LogP contribution < -0.4 is 5.43 Å². The number of phenolic OH excluding ortho intramolecular Hbond substituents is 1. The van der Waals surface area contributed by atoms with E-state index in [0.29, 0.717) is 18.7 Å². The lowest BCUT2D eigenvalue weighted by Gasteiger charge is -2.25. The first-order valence-electron chi connectivity index (χ1n) is 10.1. The number of rotatable bonds is 5. The van der Waals surface area contributed by atoms with Crippen molar-refractivity contribution in [2.45, 2.75) is 24.2 Å². The number of piperidine rings is 1. The number of aromatic hydroxyl groups is 1. The molecule has 1 aliphatic rings. The van der Waals surface area contributed by atoms with Crippen LogP contribution in [0.5, 0.6) is 5.75 Å². The van der Waals surface area contributed by atoms with Gasteiger partial charge >= 0.3 is 0 Å². The molecule has 31 heavy (non-hydrogen) atoms. The third-order valence-corrected chi connectivity index (χ3v) is 7.25. The predicted octanol–water partition coefficient (Wildman–Crippen LogP) is 3.48. The van der Waals surface area contributed by atoms with Gasteiger partial charge in [-0.2, -0.15) is 9.41 Å². The van der Waals surface area contributed by atoms with Crippen LogP contribution in [0.3, 0.4) is 0 Å². The van der Waals surface area contributed by atoms with Crippen LogP contribution in [0.2, 0.25) is 0 Å². The molecule has 2 N–H and O–H groups in total. The molecule has 8 heteroatoms. The molecule has 1 saturated heterocycles. The molecule has 160 valence electrons. The zero-order chi connectivity index (χ0) is 21.8. The minimum atomic E-state index is -3.63. The first-order valence-corrected chi connectivity index (χ1v) is 11.6. The standard InChI is InChI=1S/C23H23N3O4S/c27-22-12-11-17-7-2-3-10-20(17)21(22)16-24-25-23(28)18-8-6-9-19(15-18)31(29,30)26-13-4-1-5-14-26/h2-3,6-12,15-16,27H,1,4-5,13-14H2,(H,25,28). The Morgan fingerprint density at radius 1 is 1.00 bits per heavy atom. The summed E-state index contributed by atoms with van der Waals surface area (Å²) in [5.74, 6) is -0.488. The third kappa shape index (κ3) is 4.45. The topological polar surface area (TPSA) is 99.1 Å². The molecule has 7 nitrogen and oxygen atoms in total. The molecular formula is C23H23N3O4S. The fraction of sp³-hybridized carbons (Fsp3) is 0.217. The maximum absolute atomic E-state index is 12.9. The van der Waals surface area contributed by atoms with Gasteiger partial charge < -0.3 is 5.11 Å². The maximum atomic E-state index is 12.9. The lowest BCUT2D eigenvalue weighted by Crippen LogP contribution is -2.35. The van der Waals surface area contributed by atoms with E-state index in [1.807, 2.05) is 24.3 Å². The number of nitrogens with one attached hydrogen (secondary N) is 1. The van der Waals surface area contributed by atoms with Crippen LogP contribution in [-0.4, -0.2) is 43.0 Å². The number of hydrogen-bond acceptors (Lipinski definition) is 5. The molecule has 4 rings (SSSR count). The molecule has 1 aliphatic heterocycles. The molecule has 0 atom stereocenters. The normalized spacial score (nSPS) is 15.4. The SMILES string of the molecule is O=C(NN=Cc1c(O)ccc2ccccc12)c1cccc(S(=O)(=O)N2CCCCC2)c1. The van der Waals surface area contributed by atoms with E-state index in [-0.39, 0.29) is 16.2 Å². The number of hydrogen-bond donors (Lipinski definition) is 2. The summed E-state index contributed by atoms with van der Waals surface area (Å²) in [5, 5.41) is 15.9. The van der Waals surface area contributed by atoms with Crippen molar-refractivity contribution in [3.63, 3.8) is 0 Å². The second-order valence-electron chi connectivity index (χ2n) is 7.41. The lowest BCUT2D eigenvalue weighted by molar-refractivity contribution is 0.0955. The van der Waals surface area contributed by atoms with Gasteiger partial charge in [0.15, 0.2) is 0 Å². The summed E-state index contributed by atoms with van der Waals surface area (Å²) < 4.78 is 27.2. The summed E-state index contributed by atoms with van der Waals surface area (Å²) in [6.07, 6.45) is 4.09. The Kier molecular flexibility index (Phi) is 6.01. The molecule has 0 saturated carbocycles. The molecule has 0 radical (unpaired) electrons.